The van der Waals surface area contributed by atoms with Gasteiger partial charge >= 0.3 is 5.97 Å². The molecule has 184 valence electrons. The molecule has 0 unspecified atom stereocenters. The normalized spacial score (nSPS) is 25.6. The number of allylic oxidation sites excluding steroid dienone is 1. The van der Waals surface area contributed by atoms with E-state index in [0.29, 0.717) is 30.2 Å². The Morgan fingerprint density at radius 1 is 1.37 bits per heavy atom. The van der Waals surface area contributed by atoms with Crippen molar-refractivity contribution in [2.24, 2.45) is 5.16 Å². The van der Waals surface area contributed by atoms with Crippen molar-refractivity contribution < 1.29 is 29.1 Å². The average molecular weight is 519 g/mol. The molecule has 4 aliphatic rings. The summed E-state index contributed by atoms with van der Waals surface area (Å²) >= 11 is 2.44. The number of carbonyl (C=O) groups excluding carboxylic acids is 3. The molecule has 0 spiro atoms. The molecule has 12 nitrogen and oxygen atoms in total. The molecule has 3 aliphatic heterocycles. The molecule has 5 rings (SSSR count). The molecular formula is C21H22N6O6S2. The van der Waals surface area contributed by atoms with E-state index < -0.39 is 29.2 Å². The summed E-state index contributed by atoms with van der Waals surface area (Å²) in [7, 11) is 1.27. The van der Waals surface area contributed by atoms with Crippen LogP contribution in [0, 0.1) is 0 Å². The third-order valence-corrected chi connectivity index (χ3v) is 8.12. The zero-order chi connectivity index (χ0) is 24.9. The van der Waals surface area contributed by atoms with Crippen LogP contribution in [0.25, 0.3) is 0 Å². The fourth-order valence-corrected chi connectivity index (χ4v) is 6.22. The minimum atomic E-state index is -1.26. The van der Waals surface area contributed by atoms with Gasteiger partial charge in [0.15, 0.2) is 10.8 Å². The van der Waals surface area contributed by atoms with Crippen LogP contribution in [0.4, 0.5) is 5.13 Å². The van der Waals surface area contributed by atoms with E-state index in [1.807, 2.05) is 4.90 Å². The summed E-state index contributed by atoms with van der Waals surface area (Å²) in [4.78, 5) is 62.4. The standard InChI is InChI=1S/C21H22N6O6S2/c1-33-25-13(12-8-35-21(22)23-12)16(28)24-14-18(30)27-15(20(31)32)10(7-34-19(14)27)6-9-4-5-26(17(9)29)11-2-3-11/h6,8,11,14,19H,2-5,7H2,1H3,(H2,22,23)(H,24,28)(H,31,32)/t14-,19-/m1/s1. The lowest BCUT2D eigenvalue weighted by molar-refractivity contribution is -0.150. The Morgan fingerprint density at radius 2 is 2.14 bits per heavy atom. The number of nitrogens with two attached hydrogens (primary N) is 1. The van der Waals surface area contributed by atoms with E-state index >= 15 is 0 Å². The van der Waals surface area contributed by atoms with E-state index in [4.69, 9.17) is 10.6 Å². The third-order valence-electron chi connectivity index (χ3n) is 6.14. The number of anilines is 1. The first kappa shape index (κ1) is 23.4. The lowest BCUT2D eigenvalue weighted by Crippen LogP contribution is -2.71. The third kappa shape index (κ3) is 4.16. The number of amides is 3. The first-order chi connectivity index (χ1) is 16.8. The van der Waals surface area contributed by atoms with E-state index in [2.05, 4.69) is 15.5 Å². The number of nitrogen functional groups attached to an aromatic ring is 1. The zero-order valence-corrected chi connectivity index (χ0v) is 20.2. The molecule has 2 saturated heterocycles. The smallest absolute Gasteiger partial charge is 0.352 e. The molecule has 1 aromatic heterocycles. The Bertz CT molecular complexity index is 1220. The second-order valence-corrected chi connectivity index (χ2v) is 10.4. The van der Waals surface area contributed by atoms with Gasteiger partial charge in [0.1, 0.15) is 29.9 Å². The number of nitrogens with zero attached hydrogens (tertiary/aromatic N) is 4. The molecule has 4 heterocycles. The SMILES string of the molecule is CON=C(C(=O)N[C@@H]1C(=O)N2C(C(=O)O)=C(C=C3CCN(C4CC4)C3=O)CS[C@H]12)c1csc(N)n1. The second kappa shape index (κ2) is 9.00. The Hall–Kier alpha value is -3.39. The molecule has 0 radical (unpaired) electrons. The number of likely N-dealkylation sites (tertiary alicyclic amines) is 1. The van der Waals surface area contributed by atoms with Gasteiger partial charge in [0.2, 0.25) is 5.91 Å². The Balaban J connectivity index is 1.35. The van der Waals surface area contributed by atoms with Crippen molar-refractivity contribution in [2.75, 3.05) is 25.1 Å². The van der Waals surface area contributed by atoms with Crippen molar-refractivity contribution in [3.63, 3.8) is 0 Å². The lowest BCUT2D eigenvalue weighted by Gasteiger charge is -2.49. The lowest BCUT2D eigenvalue weighted by atomic mass is 10.0. The van der Waals surface area contributed by atoms with Crippen molar-refractivity contribution in [3.8, 4) is 0 Å². The van der Waals surface area contributed by atoms with E-state index in [9.17, 15) is 24.3 Å². The van der Waals surface area contributed by atoms with E-state index in [1.165, 1.54) is 29.2 Å². The number of aromatic nitrogens is 1. The van der Waals surface area contributed by atoms with Crippen LogP contribution < -0.4 is 11.1 Å². The summed E-state index contributed by atoms with van der Waals surface area (Å²) < 4.78 is 0. The van der Waals surface area contributed by atoms with Crippen molar-refractivity contribution in [2.45, 2.75) is 36.7 Å². The molecule has 0 bridgehead atoms. The maximum absolute atomic E-state index is 13.0. The Morgan fingerprint density at radius 3 is 2.77 bits per heavy atom. The fourth-order valence-electron chi connectivity index (χ4n) is 4.37. The van der Waals surface area contributed by atoms with Crippen molar-refractivity contribution >= 4 is 57.6 Å². The van der Waals surface area contributed by atoms with Crippen LogP contribution in [-0.2, 0) is 24.0 Å². The van der Waals surface area contributed by atoms with Crippen LogP contribution in [0.3, 0.4) is 0 Å². The summed E-state index contributed by atoms with van der Waals surface area (Å²) in [5.41, 5.74) is 6.51. The van der Waals surface area contributed by atoms with Crippen molar-refractivity contribution in [1.29, 1.82) is 0 Å². The minimum Gasteiger partial charge on any atom is -0.477 e. The number of rotatable bonds is 7. The number of aliphatic carboxylic acids is 1. The number of oxime groups is 1. The number of nitrogens with one attached hydrogen (secondary N) is 1. The van der Waals surface area contributed by atoms with E-state index in [0.717, 1.165) is 24.2 Å². The van der Waals surface area contributed by atoms with Crippen LogP contribution in [-0.4, -0.2) is 86.2 Å². The highest BCUT2D eigenvalue weighted by Crippen LogP contribution is 2.41. The minimum absolute atomic E-state index is 0.0652. The molecule has 1 aromatic rings. The highest BCUT2D eigenvalue weighted by Gasteiger charge is 2.54. The Kier molecular flexibility index (Phi) is 6.01. The maximum Gasteiger partial charge on any atom is 0.352 e. The van der Waals surface area contributed by atoms with Crippen molar-refractivity contribution in [1.82, 2.24) is 20.1 Å². The first-order valence-electron chi connectivity index (χ1n) is 10.9. The number of thiazole rings is 1. The summed E-state index contributed by atoms with van der Waals surface area (Å²) in [6.07, 6.45) is 4.17. The van der Waals surface area contributed by atoms with Gasteiger partial charge in [-0.05, 0) is 30.9 Å². The van der Waals surface area contributed by atoms with E-state index in [-0.39, 0.29) is 33.9 Å². The molecule has 1 saturated carbocycles. The molecule has 14 heteroatoms. The highest BCUT2D eigenvalue weighted by molar-refractivity contribution is 8.00. The number of carbonyl (C=O) groups is 4. The number of thioether (sulfide) groups is 1. The number of carboxylic acid groups (broad SMARTS) is 1. The van der Waals surface area contributed by atoms with E-state index in [1.54, 1.807) is 6.08 Å². The van der Waals surface area contributed by atoms with Gasteiger partial charge in [-0.2, -0.15) is 0 Å². The molecule has 0 aromatic carbocycles. The number of carboxylic acids is 1. The molecule has 4 N–H and O–H groups in total. The van der Waals surface area contributed by atoms with Gasteiger partial charge in [0.25, 0.3) is 11.8 Å². The van der Waals surface area contributed by atoms with Gasteiger partial charge in [-0.15, -0.1) is 23.1 Å². The zero-order valence-electron chi connectivity index (χ0n) is 18.6. The summed E-state index contributed by atoms with van der Waals surface area (Å²) in [6, 6.07) is -0.660. The highest BCUT2D eigenvalue weighted by atomic mass is 32.2. The number of β-lactam (4-membered cyclic amide) rings is 1. The predicted octanol–water partition coefficient (Wildman–Crippen LogP) is 0.136. The predicted molar refractivity (Wildman–Crippen MR) is 127 cm³/mol. The largest absolute Gasteiger partial charge is 0.477 e. The van der Waals surface area contributed by atoms with Crippen LogP contribution in [0.1, 0.15) is 25.0 Å². The van der Waals surface area contributed by atoms with Gasteiger partial charge in [-0.3, -0.25) is 19.3 Å². The first-order valence-corrected chi connectivity index (χ1v) is 12.8. The summed E-state index contributed by atoms with van der Waals surface area (Å²) in [5, 5.41) is 17.4. The molecular weight excluding hydrogens is 496 g/mol. The van der Waals surface area contributed by atoms with Gasteiger partial charge in [0.05, 0.1) is 0 Å². The average Bonchev–Trinajstić information content (AvgIpc) is 3.48. The van der Waals surface area contributed by atoms with Crippen LogP contribution in [0.5, 0.6) is 0 Å². The molecule has 1 aliphatic carbocycles. The Labute approximate surface area is 207 Å². The van der Waals surface area contributed by atoms with Crippen LogP contribution in [0.2, 0.25) is 0 Å². The molecule has 35 heavy (non-hydrogen) atoms. The summed E-state index contributed by atoms with van der Waals surface area (Å²) in [5.74, 6) is -2.30. The second-order valence-electron chi connectivity index (χ2n) is 8.38. The topological polar surface area (TPSA) is 168 Å². The quantitative estimate of drug-likeness (QED) is 0.197. The van der Waals surface area contributed by atoms with Gasteiger partial charge < -0.3 is 25.9 Å². The summed E-state index contributed by atoms with van der Waals surface area (Å²) in [6.45, 7) is 0.632. The molecule has 3 fully saturated rings. The number of fused-ring (bicyclic) bond motifs is 1. The van der Waals surface area contributed by atoms with Crippen molar-refractivity contribution in [3.05, 3.63) is 34.0 Å². The molecule has 3 amide bonds. The van der Waals surface area contributed by atoms with Gasteiger partial charge in [-0.1, -0.05) is 5.16 Å². The van der Waals surface area contributed by atoms with Crippen LogP contribution >= 0.6 is 23.1 Å². The van der Waals surface area contributed by atoms with Crippen LogP contribution in [0.15, 0.2) is 33.5 Å². The maximum atomic E-state index is 13.0. The molecule has 2 atom stereocenters. The monoisotopic (exact) mass is 518 g/mol. The van der Waals surface area contributed by atoms with Gasteiger partial charge in [0, 0.05) is 29.3 Å². The number of hydrogen-bond acceptors (Lipinski definition) is 10. The van der Waals surface area contributed by atoms with Gasteiger partial charge in [-0.25, -0.2) is 9.78 Å². The fraction of sp³-hybridized carbons (Fsp3) is 0.429. The number of hydrogen-bond donors (Lipinski definition) is 3.